The topological polar surface area (TPSA) is 52.2 Å². The molecule has 2 aliphatic heterocycles. The van der Waals surface area contributed by atoms with Crippen LogP contribution in [0.25, 0.3) is 0 Å². The molecule has 6 heteroatoms. The van der Waals surface area contributed by atoms with Crippen molar-refractivity contribution < 1.29 is 18.9 Å². The van der Waals surface area contributed by atoms with E-state index in [1.165, 1.54) is 0 Å². The van der Waals surface area contributed by atoms with E-state index in [4.69, 9.17) is 18.9 Å². The third-order valence-electron chi connectivity index (χ3n) is 5.18. The third-order valence-corrected chi connectivity index (χ3v) is 5.18. The predicted octanol–water partition coefficient (Wildman–Crippen LogP) is 2.82. The van der Waals surface area contributed by atoms with Crippen molar-refractivity contribution in [3.63, 3.8) is 0 Å². The van der Waals surface area contributed by atoms with Gasteiger partial charge in [-0.1, -0.05) is 18.2 Å². The number of ether oxygens (including phenoxy) is 4. The summed E-state index contributed by atoms with van der Waals surface area (Å²) in [7, 11) is 3.37. The molecule has 0 bridgehead atoms. The van der Waals surface area contributed by atoms with Crippen LogP contribution in [0.5, 0.6) is 23.0 Å². The Bertz CT molecular complexity index is 788. The molecular weight excluding hydrogens is 344 g/mol. The molecule has 4 rings (SSSR count). The first-order valence-corrected chi connectivity index (χ1v) is 9.37. The van der Waals surface area contributed by atoms with Crippen molar-refractivity contribution in [3.05, 3.63) is 47.5 Å². The Hall–Kier alpha value is -2.44. The molecule has 2 heterocycles. The molecule has 0 aromatic heterocycles. The highest BCUT2D eigenvalue weighted by molar-refractivity contribution is 5.53. The smallest absolute Gasteiger partial charge is 0.231 e. The van der Waals surface area contributed by atoms with Crippen molar-refractivity contribution in [2.45, 2.75) is 12.5 Å². The van der Waals surface area contributed by atoms with E-state index in [0.717, 1.165) is 66.7 Å². The van der Waals surface area contributed by atoms with Gasteiger partial charge in [0.05, 0.1) is 20.3 Å². The molecule has 6 nitrogen and oxygen atoms in total. The van der Waals surface area contributed by atoms with Gasteiger partial charge in [0.15, 0.2) is 23.0 Å². The second-order valence-corrected chi connectivity index (χ2v) is 6.74. The van der Waals surface area contributed by atoms with Crippen LogP contribution in [-0.4, -0.2) is 52.1 Å². The molecular formula is C21H26N2O4. The van der Waals surface area contributed by atoms with Gasteiger partial charge in [0.25, 0.3) is 0 Å². The van der Waals surface area contributed by atoms with Gasteiger partial charge in [-0.2, -0.15) is 0 Å². The lowest BCUT2D eigenvalue weighted by Gasteiger charge is -2.32. The number of para-hydroxylation sites is 1. The molecule has 2 aromatic rings. The van der Waals surface area contributed by atoms with Crippen LogP contribution in [0.1, 0.15) is 23.6 Å². The fourth-order valence-corrected chi connectivity index (χ4v) is 3.92. The van der Waals surface area contributed by atoms with E-state index >= 15 is 0 Å². The van der Waals surface area contributed by atoms with Crippen molar-refractivity contribution >= 4 is 0 Å². The minimum absolute atomic E-state index is 0.0458. The van der Waals surface area contributed by atoms with Gasteiger partial charge in [-0.15, -0.1) is 0 Å². The molecule has 2 aliphatic rings. The number of nitrogens with zero attached hydrogens (tertiary/aromatic N) is 1. The first-order valence-electron chi connectivity index (χ1n) is 9.37. The highest BCUT2D eigenvalue weighted by atomic mass is 16.7. The number of hydrogen-bond donors (Lipinski definition) is 1. The van der Waals surface area contributed by atoms with Crippen LogP contribution in [0.4, 0.5) is 0 Å². The zero-order valence-electron chi connectivity index (χ0n) is 15.9. The summed E-state index contributed by atoms with van der Waals surface area (Å²) in [5.41, 5.74) is 2.25. The number of methoxy groups -OCH3 is 2. The second-order valence-electron chi connectivity index (χ2n) is 6.74. The number of hydrogen-bond acceptors (Lipinski definition) is 6. The van der Waals surface area contributed by atoms with Crippen LogP contribution >= 0.6 is 0 Å². The molecule has 0 amide bonds. The van der Waals surface area contributed by atoms with E-state index in [-0.39, 0.29) is 12.8 Å². The lowest BCUT2D eigenvalue weighted by Crippen LogP contribution is -2.33. The molecule has 1 N–H and O–H groups in total. The van der Waals surface area contributed by atoms with Crippen LogP contribution in [0.3, 0.4) is 0 Å². The monoisotopic (exact) mass is 370 g/mol. The predicted molar refractivity (Wildman–Crippen MR) is 103 cm³/mol. The number of fused-ring (bicyclic) bond motifs is 1. The van der Waals surface area contributed by atoms with Crippen molar-refractivity contribution in [1.82, 2.24) is 10.2 Å². The zero-order valence-corrected chi connectivity index (χ0v) is 15.9. The summed E-state index contributed by atoms with van der Waals surface area (Å²) >= 11 is 0. The maximum absolute atomic E-state index is 5.76. The van der Waals surface area contributed by atoms with Crippen LogP contribution < -0.4 is 24.3 Å². The lowest BCUT2D eigenvalue weighted by molar-refractivity contribution is 0.173. The molecule has 1 saturated heterocycles. The minimum atomic E-state index is 0.0458. The number of nitrogens with one attached hydrogen (secondary N) is 1. The van der Waals surface area contributed by atoms with Gasteiger partial charge >= 0.3 is 0 Å². The second kappa shape index (κ2) is 8.06. The van der Waals surface area contributed by atoms with Gasteiger partial charge in [-0.3, -0.25) is 4.90 Å². The molecule has 0 saturated carbocycles. The van der Waals surface area contributed by atoms with Crippen LogP contribution in [-0.2, 0) is 0 Å². The van der Waals surface area contributed by atoms with Crippen molar-refractivity contribution in [3.8, 4) is 23.0 Å². The summed E-state index contributed by atoms with van der Waals surface area (Å²) in [4.78, 5) is 2.49. The Morgan fingerprint density at radius 3 is 2.74 bits per heavy atom. The summed E-state index contributed by atoms with van der Waals surface area (Å²) in [5, 5.41) is 3.49. The van der Waals surface area contributed by atoms with Gasteiger partial charge in [0, 0.05) is 25.2 Å². The summed E-state index contributed by atoms with van der Waals surface area (Å²) in [6.45, 7) is 4.25. The van der Waals surface area contributed by atoms with Gasteiger partial charge in [0.2, 0.25) is 6.79 Å². The average molecular weight is 370 g/mol. The lowest BCUT2D eigenvalue weighted by atomic mass is 9.95. The summed E-state index contributed by atoms with van der Waals surface area (Å²) in [5.74, 6) is 3.12. The fraction of sp³-hybridized carbons (Fsp3) is 0.429. The largest absolute Gasteiger partial charge is 0.493 e. The number of rotatable bonds is 5. The Balaban J connectivity index is 1.81. The van der Waals surface area contributed by atoms with Crippen molar-refractivity contribution in [2.75, 3.05) is 47.2 Å². The Morgan fingerprint density at radius 1 is 1.00 bits per heavy atom. The molecule has 1 atom stereocenters. The van der Waals surface area contributed by atoms with Crippen molar-refractivity contribution in [1.29, 1.82) is 0 Å². The Morgan fingerprint density at radius 2 is 1.89 bits per heavy atom. The molecule has 0 spiro atoms. The van der Waals surface area contributed by atoms with Gasteiger partial charge in [0.1, 0.15) is 0 Å². The van der Waals surface area contributed by atoms with E-state index in [1.54, 1.807) is 14.2 Å². The van der Waals surface area contributed by atoms with Crippen LogP contribution in [0.2, 0.25) is 0 Å². The summed E-state index contributed by atoms with van der Waals surface area (Å²) in [6, 6.07) is 12.3. The molecule has 144 valence electrons. The van der Waals surface area contributed by atoms with E-state index < -0.39 is 0 Å². The molecule has 0 aliphatic carbocycles. The normalized spacial score (nSPS) is 18.0. The highest BCUT2D eigenvalue weighted by Gasteiger charge is 2.29. The SMILES string of the molecule is COc1cccc(C(c2ccc3c(c2)OCO3)N2CCCNCC2)c1OC. The Labute approximate surface area is 160 Å². The van der Waals surface area contributed by atoms with E-state index in [9.17, 15) is 0 Å². The molecule has 27 heavy (non-hydrogen) atoms. The minimum Gasteiger partial charge on any atom is -0.493 e. The van der Waals surface area contributed by atoms with Crippen LogP contribution in [0, 0.1) is 0 Å². The van der Waals surface area contributed by atoms with Crippen molar-refractivity contribution in [2.24, 2.45) is 0 Å². The molecule has 1 unspecified atom stereocenters. The third kappa shape index (κ3) is 3.55. The first kappa shape index (κ1) is 17.9. The Kier molecular flexibility index (Phi) is 5.36. The molecule has 2 aromatic carbocycles. The molecule has 0 radical (unpaired) electrons. The van der Waals surface area contributed by atoms with Crippen LogP contribution in [0.15, 0.2) is 36.4 Å². The van der Waals surface area contributed by atoms with Gasteiger partial charge in [-0.05, 0) is 36.7 Å². The quantitative estimate of drug-likeness (QED) is 0.874. The highest BCUT2D eigenvalue weighted by Crippen LogP contribution is 2.43. The van der Waals surface area contributed by atoms with Gasteiger partial charge < -0.3 is 24.3 Å². The van der Waals surface area contributed by atoms with E-state index in [0.29, 0.717) is 0 Å². The maximum Gasteiger partial charge on any atom is 0.231 e. The summed E-state index contributed by atoms with van der Waals surface area (Å²) in [6.07, 6.45) is 1.10. The van der Waals surface area contributed by atoms with E-state index in [2.05, 4.69) is 28.4 Å². The average Bonchev–Trinajstić information content (AvgIpc) is 3.02. The first-order chi connectivity index (χ1) is 13.3. The number of benzene rings is 2. The summed E-state index contributed by atoms with van der Waals surface area (Å²) < 4.78 is 22.4. The molecule has 1 fully saturated rings. The van der Waals surface area contributed by atoms with E-state index in [1.807, 2.05) is 18.2 Å². The fourth-order valence-electron chi connectivity index (χ4n) is 3.92. The standard InChI is InChI=1S/C21H26N2O4/c1-24-18-6-3-5-16(21(18)25-2)20(23-11-4-9-22-10-12-23)15-7-8-17-19(13-15)27-14-26-17/h3,5-8,13,20,22H,4,9-12,14H2,1-2H3. The van der Waals surface area contributed by atoms with Gasteiger partial charge in [-0.25, -0.2) is 0 Å². The maximum atomic E-state index is 5.76. The zero-order chi connectivity index (χ0) is 18.6.